The predicted molar refractivity (Wildman–Crippen MR) is 124 cm³/mol. The molecule has 1 atom stereocenters. The van der Waals surface area contributed by atoms with E-state index in [0.717, 1.165) is 22.4 Å². The van der Waals surface area contributed by atoms with Gasteiger partial charge in [-0.3, -0.25) is 9.59 Å². The number of nitrogens with one attached hydrogen (secondary N) is 2. The number of aromatic nitrogens is 2. The number of rotatable bonds is 7. The second kappa shape index (κ2) is 8.85. The number of anilines is 2. The number of amides is 2. The normalized spacial score (nSPS) is 14.5. The highest BCUT2D eigenvalue weighted by atomic mass is 16.5. The van der Waals surface area contributed by atoms with Crippen LogP contribution >= 0.6 is 0 Å². The van der Waals surface area contributed by atoms with E-state index >= 15 is 0 Å². The molecule has 0 aliphatic carbocycles. The average Bonchev–Trinajstić information content (AvgIpc) is 3.27. The summed E-state index contributed by atoms with van der Waals surface area (Å²) in [5.74, 6) is 1.24. The molecule has 0 bridgehead atoms. The van der Waals surface area contributed by atoms with Crippen LogP contribution in [0.1, 0.15) is 23.7 Å². The zero-order chi connectivity index (χ0) is 23.7. The lowest BCUT2D eigenvalue weighted by atomic mass is 10.0. The van der Waals surface area contributed by atoms with Crippen LogP contribution < -0.4 is 24.8 Å². The fraction of sp³-hybridized carbons (Fsp3) is 0.292. The average molecular weight is 450 g/mol. The van der Waals surface area contributed by atoms with Gasteiger partial charge in [-0.2, -0.15) is 5.10 Å². The van der Waals surface area contributed by atoms with Crippen molar-refractivity contribution in [2.75, 3.05) is 32.0 Å². The summed E-state index contributed by atoms with van der Waals surface area (Å²) in [4.78, 5) is 25.5. The summed E-state index contributed by atoms with van der Waals surface area (Å²) in [6.07, 6.45) is -0.0794. The van der Waals surface area contributed by atoms with Crippen molar-refractivity contribution in [2.45, 2.75) is 26.3 Å². The van der Waals surface area contributed by atoms with Crippen LogP contribution in [-0.4, -0.2) is 42.9 Å². The molecule has 9 nitrogen and oxygen atoms in total. The molecule has 172 valence electrons. The molecule has 0 radical (unpaired) electrons. The molecule has 1 aliphatic rings. The van der Waals surface area contributed by atoms with Crippen molar-refractivity contribution in [1.82, 2.24) is 9.78 Å². The Kier molecular flexibility index (Phi) is 5.95. The topological polar surface area (TPSA) is 104 Å². The molecule has 1 aromatic heterocycles. The molecule has 1 aliphatic heterocycles. The Morgan fingerprint density at radius 2 is 1.70 bits per heavy atom. The largest absolute Gasteiger partial charge is 0.493 e. The number of fused-ring (bicyclic) bond motifs is 1. The third-order valence-electron chi connectivity index (χ3n) is 5.59. The van der Waals surface area contributed by atoms with Gasteiger partial charge in [-0.15, -0.1) is 0 Å². The maximum Gasteiger partial charge on any atom is 0.251 e. The van der Waals surface area contributed by atoms with Crippen LogP contribution in [-0.2, 0) is 9.59 Å². The first-order valence-corrected chi connectivity index (χ1v) is 10.4. The number of carbonyl (C=O) groups excluding carboxylic acids is 2. The van der Waals surface area contributed by atoms with E-state index in [4.69, 9.17) is 14.2 Å². The second-order valence-electron chi connectivity index (χ2n) is 7.79. The fourth-order valence-electron chi connectivity index (χ4n) is 3.99. The standard InChI is InChI=1S/C24H26N4O5/c1-13-6-8-15(9-7-13)21-14(2)27-28-17(24(30)26-23(21)28)12-20(29)25-16-10-18(31-3)22(33-5)19(11-16)32-4/h6-11,17H,12H2,1-5H3,(H,25,29)(H,26,30). The van der Waals surface area contributed by atoms with Crippen molar-refractivity contribution in [1.29, 1.82) is 0 Å². The lowest BCUT2D eigenvalue weighted by Crippen LogP contribution is -2.23. The van der Waals surface area contributed by atoms with Gasteiger partial charge in [0.05, 0.1) is 33.4 Å². The molecule has 3 aromatic rings. The number of hydrogen-bond donors (Lipinski definition) is 2. The quantitative estimate of drug-likeness (QED) is 0.569. The SMILES string of the molecule is COc1cc(NC(=O)CC2C(=O)Nc3c(-c4ccc(C)cc4)c(C)nn32)cc(OC)c1OC. The lowest BCUT2D eigenvalue weighted by Gasteiger charge is -2.15. The zero-order valence-corrected chi connectivity index (χ0v) is 19.2. The highest BCUT2D eigenvalue weighted by Crippen LogP contribution is 2.41. The smallest absolute Gasteiger partial charge is 0.251 e. The summed E-state index contributed by atoms with van der Waals surface area (Å²) in [5, 5.41) is 10.3. The molecule has 0 saturated carbocycles. The monoisotopic (exact) mass is 450 g/mol. The van der Waals surface area contributed by atoms with Crippen molar-refractivity contribution in [3.63, 3.8) is 0 Å². The highest BCUT2D eigenvalue weighted by Gasteiger charge is 2.36. The van der Waals surface area contributed by atoms with Crippen molar-refractivity contribution in [3.8, 4) is 28.4 Å². The van der Waals surface area contributed by atoms with E-state index in [0.29, 0.717) is 28.8 Å². The number of benzene rings is 2. The maximum absolute atomic E-state index is 12.8. The van der Waals surface area contributed by atoms with E-state index in [1.165, 1.54) is 21.3 Å². The van der Waals surface area contributed by atoms with Crippen LogP contribution in [0.5, 0.6) is 17.2 Å². The Morgan fingerprint density at radius 3 is 2.27 bits per heavy atom. The van der Waals surface area contributed by atoms with E-state index < -0.39 is 6.04 Å². The Hall–Kier alpha value is -4.01. The van der Waals surface area contributed by atoms with Gasteiger partial charge >= 0.3 is 0 Å². The number of aryl methyl sites for hydroxylation is 2. The number of methoxy groups -OCH3 is 3. The molecule has 0 saturated heterocycles. The molecule has 0 fully saturated rings. The summed E-state index contributed by atoms with van der Waals surface area (Å²) in [7, 11) is 4.50. The van der Waals surface area contributed by atoms with E-state index in [-0.39, 0.29) is 18.2 Å². The van der Waals surface area contributed by atoms with Crippen LogP contribution in [0, 0.1) is 13.8 Å². The van der Waals surface area contributed by atoms with E-state index in [1.54, 1.807) is 16.8 Å². The van der Waals surface area contributed by atoms with E-state index in [2.05, 4.69) is 15.7 Å². The van der Waals surface area contributed by atoms with Crippen LogP contribution in [0.2, 0.25) is 0 Å². The van der Waals surface area contributed by atoms with Gasteiger partial charge in [0.1, 0.15) is 11.9 Å². The number of carbonyl (C=O) groups is 2. The number of nitrogens with zero attached hydrogens (tertiary/aromatic N) is 2. The van der Waals surface area contributed by atoms with E-state index in [9.17, 15) is 9.59 Å². The minimum Gasteiger partial charge on any atom is -0.493 e. The van der Waals surface area contributed by atoms with Crippen LogP contribution in [0.25, 0.3) is 11.1 Å². The first kappa shape index (κ1) is 22.2. The molecule has 1 unspecified atom stereocenters. The van der Waals surface area contributed by atoms with Gasteiger partial charge < -0.3 is 24.8 Å². The Bertz CT molecular complexity index is 1190. The maximum atomic E-state index is 12.8. The molecular weight excluding hydrogens is 424 g/mol. The summed E-state index contributed by atoms with van der Waals surface area (Å²) < 4.78 is 17.6. The molecule has 2 amide bonds. The first-order valence-electron chi connectivity index (χ1n) is 10.4. The fourth-order valence-corrected chi connectivity index (χ4v) is 3.99. The highest BCUT2D eigenvalue weighted by molar-refractivity contribution is 6.04. The number of ether oxygens (including phenoxy) is 3. The summed E-state index contributed by atoms with van der Waals surface area (Å²) >= 11 is 0. The first-order chi connectivity index (χ1) is 15.9. The van der Waals surface area contributed by atoms with Crippen LogP contribution in [0.15, 0.2) is 36.4 Å². The van der Waals surface area contributed by atoms with Gasteiger partial charge in [-0.1, -0.05) is 29.8 Å². The molecule has 4 rings (SSSR count). The predicted octanol–water partition coefficient (Wildman–Crippen LogP) is 3.71. The lowest BCUT2D eigenvalue weighted by molar-refractivity contribution is -0.123. The van der Waals surface area contributed by atoms with Crippen molar-refractivity contribution < 1.29 is 23.8 Å². The third kappa shape index (κ3) is 4.09. The molecule has 2 heterocycles. The second-order valence-corrected chi connectivity index (χ2v) is 7.79. The van der Waals surface area contributed by atoms with Crippen LogP contribution in [0.3, 0.4) is 0 Å². The summed E-state index contributed by atoms with van der Waals surface area (Å²) in [5.41, 5.74) is 4.21. The van der Waals surface area contributed by atoms with Gasteiger partial charge in [0.15, 0.2) is 11.5 Å². The zero-order valence-electron chi connectivity index (χ0n) is 19.2. The summed E-state index contributed by atoms with van der Waals surface area (Å²) in [6, 6.07) is 10.5. The molecule has 0 spiro atoms. The van der Waals surface area contributed by atoms with Gasteiger partial charge in [0, 0.05) is 23.4 Å². The van der Waals surface area contributed by atoms with Gasteiger partial charge in [-0.05, 0) is 19.4 Å². The molecule has 33 heavy (non-hydrogen) atoms. The summed E-state index contributed by atoms with van der Waals surface area (Å²) in [6.45, 7) is 3.91. The van der Waals surface area contributed by atoms with Gasteiger partial charge in [-0.25, -0.2) is 4.68 Å². The van der Waals surface area contributed by atoms with Crippen molar-refractivity contribution >= 4 is 23.3 Å². The molecule has 2 N–H and O–H groups in total. The molecular formula is C24H26N4O5. The van der Waals surface area contributed by atoms with E-state index in [1.807, 2.05) is 38.1 Å². The Labute approximate surface area is 191 Å². The third-order valence-corrected chi connectivity index (χ3v) is 5.59. The Morgan fingerprint density at radius 1 is 1.06 bits per heavy atom. The van der Waals surface area contributed by atoms with Gasteiger partial charge in [0.2, 0.25) is 11.7 Å². The van der Waals surface area contributed by atoms with Crippen molar-refractivity contribution in [2.24, 2.45) is 0 Å². The molecule has 9 heteroatoms. The van der Waals surface area contributed by atoms with Crippen LogP contribution in [0.4, 0.5) is 11.5 Å². The Balaban J connectivity index is 1.57. The minimum absolute atomic E-state index is 0.0794. The van der Waals surface area contributed by atoms with Gasteiger partial charge in [0.25, 0.3) is 5.91 Å². The number of hydrogen-bond acceptors (Lipinski definition) is 6. The molecule has 2 aromatic carbocycles. The van der Waals surface area contributed by atoms with Crippen molar-refractivity contribution in [3.05, 3.63) is 47.7 Å². The minimum atomic E-state index is -0.750.